The summed E-state index contributed by atoms with van der Waals surface area (Å²) in [5.74, 6) is -0.470. The summed E-state index contributed by atoms with van der Waals surface area (Å²) in [6.45, 7) is 2.31. The van der Waals surface area contributed by atoms with Crippen LogP contribution in [0.5, 0.6) is 0 Å². The fourth-order valence-corrected chi connectivity index (χ4v) is 2.57. The number of rotatable bonds is 2. The van der Waals surface area contributed by atoms with Crippen molar-refractivity contribution in [1.82, 2.24) is 5.32 Å². The van der Waals surface area contributed by atoms with E-state index in [1.165, 1.54) is 6.07 Å². The van der Waals surface area contributed by atoms with Crippen LogP contribution in [0.1, 0.15) is 38.7 Å². The standard InChI is InChI=1S/C17H16FNO2/c1-10-2-3-13(9-15(10)18)16(20)12-5-4-11-6-7-19-17(21)14(11)8-12/h2-5,8-9,16,20H,6-7H2,1H3,(H,19,21). The fourth-order valence-electron chi connectivity index (χ4n) is 2.57. The van der Waals surface area contributed by atoms with Crippen LogP contribution >= 0.6 is 0 Å². The highest BCUT2D eigenvalue weighted by molar-refractivity contribution is 5.96. The van der Waals surface area contributed by atoms with Crippen molar-refractivity contribution in [2.75, 3.05) is 6.54 Å². The van der Waals surface area contributed by atoms with Gasteiger partial charge in [0.2, 0.25) is 0 Å². The number of amides is 1. The second kappa shape index (κ2) is 5.30. The second-order valence-corrected chi connectivity index (χ2v) is 5.33. The van der Waals surface area contributed by atoms with Gasteiger partial charge in [0.25, 0.3) is 5.91 Å². The molecular formula is C17H16FNO2. The van der Waals surface area contributed by atoms with Gasteiger partial charge in [0.1, 0.15) is 11.9 Å². The maximum absolute atomic E-state index is 13.6. The molecule has 1 unspecified atom stereocenters. The third-order valence-corrected chi connectivity index (χ3v) is 3.89. The predicted octanol–water partition coefficient (Wildman–Crippen LogP) is 2.50. The summed E-state index contributed by atoms with van der Waals surface area (Å²) in [6, 6.07) is 10.0. The van der Waals surface area contributed by atoms with Crippen LogP contribution in [0, 0.1) is 12.7 Å². The average Bonchev–Trinajstić information content (AvgIpc) is 2.49. The molecule has 0 aliphatic carbocycles. The smallest absolute Gasteiger partial charge is 0.251 e. The normalized spacial score (nSPS) is 15.3. The number of halogens is 1. The molecule has 0 fully saturated rings. The van der Waals surface area contributed by atoms with Crippen LogP contribution in [-0.4, -0.2) is 17.6 Å². The van der Waals surface area contributed by atoms with E-state index in [-0.39, 0.29) is 11.7 Å². The van der Waals surface area contributed by atoms with Gasteiger partial charge in [-0.15, -0.1) is 0 Å². The van der Waals surface area contributed by atoms with Crippen LogP contribution in [0.3, 0.4) is 0 Å². The Labute approximate surface area is 122 Å². The molecule has 1 aliphatic heterocycles. The van der Waals surface area contributed by atoms with Gasteiger partial charge in [0.15, 0.2) is 0 Å². The minimum absolute atomic E-state index is 0.125. The molecule has 1 heterocycles. The summed E-state index contributed by atoms with van der Waals surface area (Å²) in [7, 11) is 0. The van der Waals surface area contributed by atoms with Gasteiger partial charge in [-0.3, -0.25) is 4.79 Å². The zero-order valence-corrected chi connectivity index (χ0v) is 11.7. The van der Waals surface area contributed by atoms with Crippen molar-refractivity contribution >= 4 is 5.91 Å². The highest BCUT2D eigenvalue weighted by Crippen LogP contribution is 2.26. The molecule has 1 atom stereocenters. The number of fused-ring (bicyclic) bond motifs is 1. The van der Waals surface area contributed by atoms with E-state index >= 15 is 0 Å². The van der Waals surface area contributed by atoms with Gasteiger partial charge in [0.05, 0.1) is 0 Å². The number of nitrogens with one attached hydrogen (secondary N) is 1. The molecule has 2 aromatic carbocycles. The number of hydrogen-bond donors (Lipinski definition) is 2. The van der Waals surface area contributed by atoms with Crippen molar-refractivity contribution < 1.29 is 14.3 Å². The molecule has 2 N–H and O–H groups in total. The number of benzene rings is 2. The zero-order chi connectivity index (χ0) is 15.0. The van der Waals surface area contributed by atoms with Crippen molar-refractivity contribution in [3.05, 3.63) is 70.0 Å². The van der Waals surface area contributed by atoms with E-state index in [0.717, 1.165) is 12.0 Å². The van der Waals surface area contributed by atoms with E-state index in [4.69, 9.17) is 0 Å². The van der Waals surface area contributed by atoms with Gasteiger partial charge in [0, 0.05) is 12.1 Å². The van der Waals surface area contributed by atoms with Crippen LogP contribution in [0.15, 0.2) is 36.4 Å². The Morgan fingerprint density at radius 2 is 1.90 bits per heavy atom. The Balaban J connectivity index is 1.98. The first kappa shape index (κ1) is 13.8. The van der Waals surface area contributed by atoms with Gasteiger partial charge < -0.3 is 10.4 Å². The van der Waals surface area contributed by atoms with Crippen molar-refractivity contribution in [2.45, 2.75) is 19.4 Å². The van der Waals surface area contributed by atoms with Crippen LogP contribution in [0.4, 0.5) is 4.39 Å². The minimum Gasteiger partial charge on any atom is -0.384 e. The number of carbonyl (C=O) groups excluding carboxylic acids is 1. The molecule has 0 radical (unpaired) electrons. The molecular weight excluding hydrogens is 269 g/mol. The summed E-state index contributed by atoms with van der Waals surface area (Å²) >= 11 is 0. The predicted molar refractivity (Wildman–Crippen MR) is 77.7 cm³/mol. The van der Waals surface area contributed by atoms with Crippen molar-refractivity contribution in [1.29, 1.82) is 0 Å². The van der Waals surface area contributed by atoms with Crippen molar-refractivity contribution in [3.8, 4) is 0 Å². The Morgan fingerprint density at radius 1 is 1.19 bits per heavy atom. The molecule has 1 amide bonds. The maximum atomic E-state index is 13.6. The number of aliphatic hydroxyl groups is 1. The van der Waals surface area contributed by atoms with E-state index < -0.39 is 6.10 Å². The molecule has 21 heavy (non-hydrogen) atoms. The number of carbonyl (C=O) groups is 1. The number of aryl methyl sites for hydroxylation is 1. The third-order valence-electron chi connectivity index (χ3n) is 3.89. The average molecular weight is 285 g/mol. The van der Waals surface area contributed by atoms with Gasteiger partial charge in [-0.05, 0) is 47.7 Å². The van der Waals surface area contributed by atoms with Crippen LogP contribution in [0.2, 0.25) is 0 Å². The van der Waals surface area contributed by atoms with E-state index in [0.29, 0.717) is 28.8 Å². The molecule has 0 spiro atoms. The summed E-state index contributed by atoms with van der Waals surface area (Å²) in [6.07, 6.45) is -0.156. The molecule has 0 bridgehead atoms. The molecule has 108 valence electrons. The van der Waals surface area contributed by atoms with Gasteiger partial charge in [-0.1, -0.05) is 24.3 Å². The first-order valence-corrected chi connectivity index (χ1v) is 6.91. The highest BCUT2D eigenvalue weighted by atomic mass is 19.1. The second-order valence-electron chi connectivity index (χ2n) is 5.33. The summed E-state index contributed by atoms with van der Waals surface area (Å²) in [5.41, 5.74) is 3.18. The first-order valence-electron chi connectivity index (χ1n) is 6.91. The SMILES string of the molecule is Cc1ccc(C(O)c2ccc3c(c2)C(=O)NCC3)cc1F. The quantitative estimate of drug-likeness (QED) is 0.890. The van der Waals surface area contributed by atoms with Crippen molar-refractivity contribution in [3.63, 3.8) is 0 Å². The number of hydrogen-bond acceptors (Lipinski definition) is 2. The molecule has 1 aliphatic rings. The summed E-state index contributed by atoms with van der Waals surface area (Å²) in [4.78, 5) is 11.8. The molecule has 0 saturated heterocycles. The maximum Gasteiger partial charge on any atom is 0.251 e. The number of aliphatic hydroxyl groups excluding tert-OH is 1. The molecule has 3 nitrogen and oxygen atoms in total. The molecule has 4 heteroatoms. The minimum atomic E-state index is -0.944. The van der Waals surface area contributed by atoms with Gasteiger partial charge in [-0.2, -0.15) is 0 Å². The van der Waals surface area contributed by atoms with Crippen LogP contribution in [0.25, 0.3) is 0 Å². The lowest BCUT2D eigenvalue weighted by molar-refractivity contribution is 0.0945. The lowest BCUT2D eigenvalue weighted by Gasteiger charge is -2.19. The van der Waals surface area contributed by atoms with Gasteiger partial charge >= 0.3 is 0 Å². The van der Waals surface area contributed by atoms with E-state index in [1.807, 2.05) is 6.07 Å². The first-order chi connectivity index (χ1) is 10.1. The summed E-state index contributed by atoms with van der Waals surface area (Å²) in [5, 5.41) is 13.2. The Hall–Kier alpha value is -2.20. The largest absolute Gasteiger partial charge is 0.384 e. The third kappa shape index (κ3) is 2.54. The highest BCUT2D eigenvalue weighted by Gasteiger charge is 2.19. The lowest BCUT2D eigenvalue weighted by atomic mass is 9.93. The lowest BCUT2D eigenvalue weighted by Crippen LogP contribution is -2.31. The Bertz CT molecular complexity index is 712. The van der Waals surface area contributed by atoms with E-state index in [2.05, 4.69) is 5.32 Å². The van der Waals surface area contributed by atoms with Crippen LogP contribution in [-0.2, 0) is 6.42 Å². The topological polar surface area (TPSA) is 49.3 Å². The summed E-state index contributed by atoms with van der Waals surface area (Å²) < 4.78 is 13.6. The zero-order valence-electron chi connectivity index (χ0n) is 11.7. The van der Waals surface area contributed by atoms with Crippen LogP contribution < -0.4 is 5.32 Å². The van der Waals surface area contributed by atoms with Crippen molar-refractivity contribution in [2.24, 2.45) is 0 Å². The fraction of sp³-hybridized carbons (Fsp3) is 0.235. The van der Waals surface area contributed by atoms with E-state index in [1.54, 1.807) is 31.2 Å². The van der Waals surface area contributed by atoms with E-state index in [9.17, 15) is 14.3 Å². The Morgan fingerprint density at radius 3 is 2.67 bits per heavy atom. The molecule has 0 saturated carbocycles. The Kier molecular flexibility index (Phi) is 3.47. The molecule has 0 aromatic heterocycles. The molecule has 3 rings (SSSR count). The van der Waals surface area contributed by atoms with Gasteiger partial charge in [-0.25, -0.2) is 4.39 Å². The monoisotopic (exact) mass is 285 g/mol. The molecule has 2 aromatic rings.